The molecular formula is C12H12N2O3. The zero-order valence-corrected chi connectivity index (χ0v) is 9.52. The molecule has 5 nitrogen and oxygen atoms in total. The molecule has 0 fully saturated rings. The predicted molar refractivity (Wildman–Crippen MR) is 62.3 cm³/mol. The molecule has 2 rings (SSSR count). The van der Waals surface area contributed by atoms with Gasteiger partial charge >= 0.3 is 0 Å². The minimum Gasteiger partial charge on any atom is -0.507 e. The maximum atomic E-state index is 12.1. The number of benzene rings is 1. The van der Waals surface area contributed by atoms with E-state index in [1.165, 1.54) is 23.9 Å². The Hall–Kier alpha value is -2.30. The number of aromatic amines is 1. The van der Waals surface area contributed by atoms with Crippen molar-refractivity contribution < 1.29 is 9.90 Å². The van der Waals surface area contributed by atoms with Crippen LogP contribution in [-0.4, -0.2) is 20.7 Å². The molecule has 1 aromatic heterocycles. The van der Waals surface area contributed by atoms with Crippen LogP contribution in [0.3, 0.4) is 0 Å². The topological polar surface area (TPSA) is 75.1 Å². The number of ketones is 1. The van der Waals surface area contributed by atoms with E-state index >= 15 is 0 Å². The molecule has 88 valence electrons. The van der Waals surface area contributed by atoms with E-state index < -0.39 is 11.3 Å². The Morgan fingerprint density at radius 3 is 2.53 bits per heavy atom. The Balaban J connectivity index is 2.60. The van der Waals surface area contributed by atoms with Crippen molar-refractivity contribution in [2.24, 2.45) is 7.05 Å². The lowest BCUT2D eigenvalue weighted by Gasteiger charge is -2.01. The van der Waals surface area contributed by atoms with Crippen LogP contribution in [0.4, 0.5) is 0 Å². The van der Waals surface area contributed by atoms with Crippen molar-refractivity contribution >= 4 is 5.78 Å². The highest BCUT2D eigenvalue weighted by Crippen LogP contribution is 2.19. The highest BCUT2D eigenvalue weighted by atomic mass is 16.3. The second-order valence-corrected chi connectivity index (χ2v) is 3.82. The molecule has 0 saturated carbocycles. The normalized spacial score (nSPS) is 10.5. The summed E-state index contributed by atoms with van der Waals surface area (Å²) in [6.07, 6.45) is 0. The van der Waals surface area contributed by atoms with E-state index in [-0.39, 0.29) is 16.9 Å². The van der Waals surface area contributed by atoms with Crippen molar-refractivity contribution in [2.75, 3.05) is 0 Å². The third-order valence-electron chi connectivity index (χ3n) is 2.60. The van der Waals surface area contributed by atoms with Gasteiger partial charge in [-0.05, 0) is 19.1 Å². The van der Waals surface area contributed by atoms with Gasteiger partial charge in [0.25, 0.3) is 5.56 Å². The lowest BCUT2D eigenvalue weighted by molar-refractivity contribution is 0.103. The molecule has 0 aliphatic rings. The van der Waals surface area contributed by atoms with Gasteiger partial charge in [0.05, 0.1) is 5.56 Å². The minimum absolute atomic E-state index is 0.0639. The number of nitrogens with zero attached hydrogens (tertiary/aromatic N) is 1. The van der Waals surface area contributed by atoms with Crippen LogP contribution in [-0.2, 0) is 7.05 Å². The lowest BCUT2D eigenvalue weighted by atomic mass is 10.0. The Bertz CT molecular complexity index is 637. The molecule has 0 spiro atoms. The quantitative estimate of drug-likeness (QED) is 0.757. The zero-order chi connectivity index (χ0) is 12.6. The molecule has 0 aliphatic heterocycles. The molecule has 2 N–H and O–H groups in total. The first-order chi connectivity index (χ1) is 8.02. The molecular weight excluding hydrogens is 220 g/mol. The molecule has 0 amide bonds. The van der Waals surface area contributed by atoms with Crippen LogP contribution < -0.4 is 5.56 Å². The summed E-state index contributed by atoms with van der Waals surface area (Å²) in [6, 6.07) is 6.16. The number of phenolic OH excluding ortho intramolecular Hbond substituents is 1. The van der Waals surface area contributed by atoms with Crippen LogP contribution in [0.1, 0.15) is 21.6 Å². The van der Waals surface area contributed by atoms with Crippen molar-refractivity contribution in [1.29, 1.82) is 0 Å². The predicted octanol–water partition coefficient (Wildman–Crippen LogP) is 0.958. The monoisotopic (exact) mass is 232 g/mol. The third kappa shape index (κ3) is 1.75. The van der Waals surface area contributed by atoms with Gasteiger partial charge in [0, 0.05) is 12.7 Å². The average molecular weight is 232 g/mol. The van der Waals surface area contributed by atoms with Gasteiger partial charge in [0.1, 0.15) is 11.3 Å². The molecule has 0 aliphatic carbocycles. The smallest absolute Gasteiger partial charge is 0.277 e. The van der Waals surface area contributed by atoms with Gasteiger partial charge in [0.15, 0.2) is 0 Å². The van der Waals surface area contributed by atoms with E-state index in [4.69, 9.17) is 0 Å². The number of aryl methyl sites for hydroxylation is 2. The zero-order valence-electron chi connectivity index (χ0n) is 9.52. The van der Waals surface area contributed by atoms with Crippen molar-refractivity contribution in [3.8, 4) is 5.75 Å². The van der Waals surface area contributed by atoms with E-state index in [1.54, 1.807) is 19.1 Å². The fraction of sp³-hybridized carbons (Fsp3) is 0.167. The Kier molecular flexibility index (Phi) is 2.59. The second kappa shape index (κ2) is 3.93. The number of hydrogen-bond acceptors (Lipinski definition) is 3. The number of aromatic hydroxyl groups is 1. The Labute approximate surface area is 97.3 Å². The van der Waals surface area contributed by atoms with Crippen LogP contribution in [0.2, 0.25) is 0 Å². The van der Waals surface area contributed by atoms with Gasteiger partial charge in [-0.2, -0.15) is 0 Å². The summed E-state index contributed by atoms with van der Waals surface area (Å²) >= 11 is 0. The summed E-state index contributed by atoms with van der Waals surface area (Å²) in [5, 5.41) is 12.3. The number of phenols is 1. The molecule has 0 unspecified atom stereocenters. The van der Waals surface area contributed by atoms with Crippen LogP contribution in [0.25, 0.3) is 0 Å². The van der Waals surface area contributed by atoms with Gasteiger partial charge in [-0.1, -0.05) is 12.1 Å². The molecule has 0 atom stereocenters. The average Bonchev–Trinajstić information content (AvgIpc) is 2.53. The fourth-order valence-electron chi connectivity index (χ4n) is 1.75. The molecule has 2 aromatic rings. The van der Waals surface area contributed by atoms with Gasteiger partial charge in [-0.3, -0.25) is 19.4 Å². The third-order valence-corrected chi connectivity index (χ3v) is 2.60. The summed E-state index contributed by atoms with van der Waals surface area (Å²) in [7, 11) is 1.54. The van der Waals surface area contributed by atoms with Crippen molar-refractivity contribution in [1.82, 2.24) is 9.78 Å². The van der Waals surface area contributed by atoms with E-state index in [0.29, 0.717) is 5.69 Å². The van der Waals surface area contributed by atoms with E-state index in [9.17, 15) is 14.7 Å². The first-order valence-electron chi connectivity index (χ1n) is 5.10. The molecule has 1 aromatic carbocycles. The number of H-pyrrole nitrogens is 1. The van der Waals surface area contributed by atoms with Crippen LogP contribution in [0, 0.1) is 6.92 Å². The highest BCUT2D eigenvalue weighted by molar-refractivity contribution is 6.11. The fourth-order valence-corrected chi connectivity index (χ4v) is 1.75. The number of hydrogen-bond donors (Lipinski definition) is 2. The highest BCUT2D eigenvalue weighted by Gasteiger charge is 2.21. The van der Waals surface area contributed by atoms with E-state index in [2.05, 4.69) is 5.10 Å². The summed E-state index contributed by atoms with van der Waals surface area (Å²) < 4.78 is 1.24. The van der Waals surface area contributed by atoms with E-state index in [1.807, 2.05) is 0 Å². The molecule has 1 heterocycles. The van der Waals surface area contributed by atoms with Crippen LogP contribution in [0.15, 0.2) is 29.1 Å². The minimum atomic E-state index is -0.470. The maximum Gasteiger partial charge on any atom is 0.277 e. The number of para-hydroxylation sites is 1. The largest absolute Gasteiger partial charge is 0.507 e. The van der Waals surface area contributed by atoms with Gasteiger partial charge in [-0.15, -0.1) is 0 Å². The molecule has 0 bridgehead atoms. The number of carbonyl (C=O) groups excluding carboxylic acids is 1. The maximum absolute atomic E-state index is 12.1. The standard InChI is InChI=1S/C12H12N2O3/c1-7-10(12(17)14(2)13-7)11(16)8-5-3-4-6-9(8)15/h3-6,13,15H,1-2H3. The van der Waals surface area contributed by atoms with Crippen molar-refractivity contribution in [3.63, 3.8) is 0 Å². The molecule has 5 heteroatoms. The number of nitrogens with one attached hydrogen (secondary N) is 1. The number of carbonyl (C=O) groups is 1. The van der Waals surface area contributed by atoms with Gasteiger partial charge in [-0.25, -0.2) is 0 Å². The van der Waals surface area contributed by atoms with Crippen molar-refractivity contribution in [3.05, 3.63) is 51.4 Å². The first kappa shape index (κ1) is 11.2. The molecule has 17 heavy (non-hydrogen) atoms. The summed E-state index contributed by atoms with van der Waals surface area (Å²) in [4.78, 5) is 23.9. The summed E-state index contributed by atoms with van der Waals surface area (Å²) in [6.45, 7) is 1.65. The van der Waals surface area contributed by atoms with Crippen molar-refractivity contribution in [2.45, 2.75) is 6.92 Å². The number of rotatable bonds is 2. The molecule has 0 radical (unpaired) electrons. The summed E-state index contributed by atoms with van der Waals surface area (Å²) in [5.74, 6) is -0.595. The Morgan fingerprint density at radius 2 is 2.00 bits per heavy atom. The Morgan fingerprint density at radius 1 is 1.35 bits per heavy atom. The van der Waals surface area contributed by atoms with Gasteiger partial charge < -0.3 is 5.11 Å². The summed E-state index contributed by atoms with van der Waals surface area (Å²) in [5.41, 5.74) is 0.294. The van der Waals surface area contributed by atoms with E-state index in [0.717, 1.165) is 0 Å². The van der Waals surface area contributed by atoms with Crippen LogP contribution in [0.5, 0.6) is 5.75 Å². The van der Waals surface area contributed by atoms with Crippen LogP contribution >= 0.6 is 0 Å². The molecule has 0 saturated heterocycles. The first-order valence-corrected chi connectivity index (χ1v) is 5.10. The second-order valence-electron chi connectivity index (χ2n) is 3.82. The number of aromatic nitrogens is 2. The van der Waals surface area contributed by atoms with Gasteiger partial charge in [0.2, 0.25) is 5.78 Å². The SMILES string of the molecule is Cc1[nH]n(C)c(=O)c1C(=O)c1ccccc1O. The lowest BCUT2D eigenvalue weighted by Crippen LogP contribution is -2.19.